The molecule has 1 aliphatic rings. The molecule has 0 bridgehead atoms. The van der Waals surface area contributed by atoms with E-state index >= 15 is 0 Å². The summed E-state index contributed by atoms with van der Waals surface area (Å²) in [5.41, 5.74) is 2.95. The van der Waals surface area contributed by atoms with Gasteiger partial charge in [-0.25, -0.2) is 0 Å². The lowest BCUT2D eigenvalue weighted by atomic mass is 9.73. The van der Waals surface area contributed by atoms with Crippen molar-refractivity contribution in [3.8, 4) is 0 Å². The topological polar surface area (TPSA) is 24.9 Å². The maximum absolute atomic E-state index is 4.21. The van der Waals surface area contributed by atoms with E-state index in [0.717, 1.165) is 18.2 Å². The van der Waals surface area contributed by atoms with Gasteiger partial charge in [0.2, 0.25) is 0 Å². The van der Waals surface area contributed by atoms with E-state index < -0.39 is 0 Å². The van der Waals surface area contributed by atoms with Gasteiger partial charge in [0.25, 0.3) is 0 Å². The van der Waals surface area contributed by atoms with Crippen molar-refractivity contribution < 1.29 is 0 Å². The Hall–Kier alpha value is -1.05. The Balaban J connectivity index is 1.80. The predicted molar refractivity (Wildman–Crippen MR) is 73.2 cm³/mol. The minimum Gasteiger partial charge on any atom is -0.384 e. The van der Waals surface area contributed by atoms with E-state index in [1.54, 1.807) is 0 Å². The van der Waals surface area contributed by atoms with Crippen LogP contribution >= 0.6 is 0 Å². The summed E-state index contributed by atoms with van der Waals surface area (Å²) in [6.07, 6.45) is 9.27. The van der Waals surface area contributed by atoms with Crippen molar-refractivity contribution in [3.63, 3.8) is 0 Å². The summed E-state index contributed by atoms with van der Waals surface area (Å²) in [7, 11) is 0. The van der Waals surface area contributed by atoms with Crippen LogP contribution in [0.25, 0.3) is 0 Å². The summed E-state index contributed by atoms with van der Waals surface area (Å²) in [4.78, 5) is 4.21. The molecule has 1 aliphatic carbocycles. The number of aryl methyl sites for hydroxylation is 1. The van der Waals surface area contributed by atoms with E-state index in [2.05, 4.69) is 37.1 Å². The first-order chi connectivity index (χ1) is 8.05. The van der Waals surface area contributed by atoms with Crippen LogP contribution in [-0.2, 0) is 0 Å². The van der Waals surface area contributed by atoms with E-state index in [0.29, 0.717) is 5.41 Å². The number of nitrogens with one attached hydrogen (secondary N) is 1. The van der Waals surface area contributed by atoms with Crippen LogP contribution in [0.15, 0.2) is 18.5 Å². The number of aromatic nitrogens is 1. The SMILES string of the molecule is Cc1cncc(NCC2CCC(C)(C)CC2)c1. The molecule has 1 heterocycles. The Morgan fingerprint density at radius 1 is 1.29 bits per heavy atom. The van der Waals surface area contributed by atoms with Gasteiger partial charge in [0.05, 0.1) is 5.69 Å². The van der Waals surface area contributed by atoms with Gasteiger partial charge in [-0.05, 0) is 55.6 Å². The maximum Gasteiger partial charge on any atom is 0.0529 e. The highest BCUT2D eigenvalue weighted by atomic mass is 14.9. The number of nitrogens with zero attached hydrogens (tertiary/aromatic N) is 1. The van der Waals surface area contributed by atoms with Crippen molar-refractivity contribution in [2.45, 2.75) is 46.5 Å². The summed E-state index contributed by atoms with van der Waals surface area (Å²) in [6, 6.07) is 2.17. The van der Waals surface area contributed by atoms with Gasteiger partial charge in [-0.15, -0.1) is 0 Å². The van der Waals surface area contributed by atoms with Crippen molar-refractivity contribution in [1.82, 2.24) is 4.98 Å². The first kappa shape index (κ1) is 12.4. The molecule has 0 amide bonds. The average molecular weight is 232 g/mol. The molecule has 0 aliphatic heterocycles. The highest BCUT2D eigenvalue weighted by Crippen LogP contribution is 2.37. The fourth-order valence-corrected chi connectivity index (χ4v) is 2.58. The molecule has 1 aromatic rings. The third-order valence-corrected chi connectivity index (χ3v) is 3.93. The third-order valence-electron chi connectivity index (χ3n) is 3.93. The second-order valence-corrected chi connectivity index (χ2v) is 6.24. The molecule has 0 radical (unpaired) electrons. The van der Waals surface area contributed by atoms with Crippen molar-refractivity contribution in [2.24, 2.45) is 11.3 Å². The normalized spacial score (nSPS) is 20.2. The lowest BCUT2D eigenvalue weighted by Crippen LogP contribution is -2.25. The molecule has 1 N–H and O–H groups in total. The fourth-order valence-electron chi connectivity index (χ4n) is 2.58. The Bertz CT molecular complexity index is 361. The van der Waals surface area contributed by atoms with Gasteiger partial charge in [0, 0.05) is 18.9 Å². The molecule has 2 rings (SSSR count). The van der Waals surface area contributed by atoms with Crippen LogP contribution in [0.4, 0.5) is 5.69 Å². The Labute approximate surface area is 105 Å². The largest absolute Gasteiger partial charge is 0.384 e. The van der Waals surface area contributed by atoms with Gasteiger partial charge in [0.1, 0.15) is 0 Å². The van der Waals surface area contributed by atoms with Gasteiger partial charge >= 0.3 is 0 Å². The van der Waals surface area contributed by atoms with Crippen molar-refractivity contribution >= 4 is 5.69 Å². The fraction of sp³-hybridized carbons (Fsp3) is 0.667. The van der Waals surface area contributed by atoms with E-state index in [-0.39, 0.29) is 0 Å². The molecule has 0 atom stereocenters. The Kier molecular flexibility index (Phi) is 3.70. The molecule has 0 spiro atoms. The van der Waals surface area contributed by atoms with Gasteiger partial charge in [-0.2, -0.15) is 0 Å². The van der Waals surface area contributed by atoms with Crippen molar-refractivity contribution in [2.75, 3.05) is 11.9 Å². The highest BCUT2D eigenvalue weighted by Gasteiger charge is 2.26. The molecule has 17 heavy (non-hydrogen) atoms. The number of anilines is 1. The van der Waals surface area contributed by atoms with Crippen molar-refractivity contribution in [3.05, 3.63) is 24.0 Å². The minimum atomic E-state index is 0.571. The molecule has 1 aromatic heterocycles. The van der Waals surface area contributed by atoms with Crippen LogP contribution in [0.1, 0.15) is 45.1 Å². The second-order valence-electron chi connectivity index (χ2n) is 6.24. The number of hydrogen-bond acceptors (Lipinski definition) is 2. The monoisotopic (exact) mass is 232 g/mol. The first-order valence-corrected chi connectivity index (χ1v) is 6.71. The molecule has 94 valence electrons. The maximum atomic E-state index is 4.21. The number of rotatable bonds is 3. The quantitative estimate of drug-likeness (QED) is 0.851. The summed E-state index contributed by atoms with van der Waals surface area (Å²) in [5, 5.41) is 3.52. The molecule has 0 saturated heterocycles. The molecule has 0 aromatic carbocycles. The van der Waals surface area contributed by atoms with Crippen LogP contribution in [-0.4, -0.2) is 11.5 Å². The predicted octanol–water partition coefficient (Wildman–Crippen LogP) is 4.02. The molecular formula is C15H24N2. The standard InChI is InChI=1S/C15H24N2/c1-12-8-14(11-16-9-12)17-10-13-4-6-15(2,3)7-5-13/h8-9,11,13,17H,4-7,10H2,1-3H3. The molecular weight excluding hydrogens is 208 g/mol. The first-order valence-electron chi connectivity index (χ1n) is 6.71. The molecule has 2 heteroatoms. The number of hydrogen-bond donors (Lipinski definition) is 1. The Morgan fingerprint density at radius 3 is 2.65 bits per heavy atom. The molecule has 0 unspecified atom stereocenters. The van der Waals surface area contributed by atoms with Crippen LogP contribution in [0, 0.1) is 18.3 Å². The lowest BCUT2D eigenvalue weighted by Gasteiger charge is -2.34. The summed E-state index contributed by atoms with van der Waals surface area (Å²) >= 11 is 0. The van der Waals surface area contributed by atoms with Crippen LogP contribution in [0.5, 0.6) is 0 Å². The van der Waals surface area contributed by atoms with E-state index in [4.69, 9.17) is 0 Å². The highest BCUT2D eigenvalue weighted by molar-refractivity contribution is 5.42. The van der Waals surface area contributed by atoms with Crippen molar-refractivity contribution in [1.29, 1.82) is 0 Å². The van der Waals surface area contributed by atoms with E-state index in [1.165, 1.54) is 31.2 Å². The van der Waals surface area contributed by atoms with Gasteiger partial charge in [0.15, 0.2) is 0 Å². The van der Waals surface area contributed by atoms with Crippen LogP contribution < -0.4 is 5.32 Å². The molecule has 1 saturated carbocycles. The Morgan fingerprint density at radius 2 is 2.00 bits per heavy atom. The van der Waals surface area contributed by atoms with E-state index in [1.807, 2.05) is 12.4 Å². The zero-order valence-electron chi connectivity index (χ0n) is 11.3. The lowest BCUT2D eigenvalue weighted by molar-refractivity contribution is 0.197. The zero-order chi connectivity index (χ0) is 12.3. The average Bonchev–Trinajstić information content (AvgIpc) is 2.28. The zero-order valence-corrected chi connectivity index (χ0v) is 11.3. The minimum absolute atomic E-state index is 0.571. The molecule has 2 nitrogen and oxygen atoms in total. The van der Waals surface area contributed by atoms with E-state index in [9.17, 15) is 0 Å². The summed E-state index contributed by atoms with van der Waals surface area (Å²) < 4.78 is 0. The summed E-state index contributed by atoms with van der Waals surface area (Å²) in [6.45, 7) is 7.96. The van der Waals surface area contributed by atoms with Gasteiger partial charge in [-0.1, -0.05) is 13.8 Å². The second kappa shape index (κ2) is 5.07. The molecule has 1 fully saturated rings. The summed E-state index contributed by atoms with van der Waals surface area (Å²) in [5.74, 6) is 0.837. The number of pyridine rings is 1. The smallest absolute Gasteiger partial charge is 0.0529 e. The van der Waals surface area contributed by atoms with Crippen LogP contribution in [0.2, 0.25) is 0 Å². The van der Waals surface area contributed by atoms with Gasteiger partial charge in [-0.3, -0.25) is 4.98 Å². The van der Waals surface area contributed by atoms with Crippen LogP contribution in [0.3, 0.4) is 0 Å². The third kappa shape index (κ3) is 3.72. The van der Waals surface area contributed by atoms with Gasteiger partial charge < -0.3 is 5.32 Å².